The monoisotopic (exact) mass is 317 g/mol. The van der Waals surface area contributed by atoms with Gasteiger partial charge in [-0.05, 0) is 58.4 Å². The number of nitrogens with zero attached hydrogens (tertiary/aromatic N) is 1. The fraction of sp³-hybridized carbons (Fsp3) is 0. The number of pyridine rings is 1. The molecule has 0 aliphatic rings. The zero-order valence-electron chi connectivity index (χ0n) is 9.81. The standard InChI is InChI=1S/C15H9BrFNO/c16-12-2-1-3-13-15(12)14(8-9-18-13)19-11-6-4-10(17)5-7-11/h1-9H. The Morgan fingerprint density at radius 1 is 1.00 bits per heavy atom. The minimum atomic E-state index is -0.284. The van der Waals surface area contributed by atoms with Crippen LogP contribution in [0.4, 0.5) is 4.39 Å². The molecular formula is C15H9BrFNO. The highest BCUT2D eigenvalue weighted by Gasteiger charge is 2.07. The number of hydrogen-bond acceptors (Lipinski definition) is 2. The first kappa shape index (κ1) is 12.1. The van der Waals surface area contributed by atoms with Gasteiger partial charge in [0.05, 0.1) is 10.9 Å². The van der Waals surface area contributed by atoms with E-state index in [2.05, 4.69) is 20.9 Å². The molecule has 94 valence electrons. The smallest absolute Gasteiger partial charge is 0.139 e. The van der Waals surface area contributed by atoms with Gasteiger partial charge in [0.25, 0.3) is 0 Å². The Balaban J connectivity index is 2.08. The summed E-state index contributed by atoms with van der Waals surface area (Å²) in [5.41, 5.74) is 0.842. The summed E-state index contributed by atoms with van der Waals surface area (Å²) in [6.07, 6.45) is 1.69. The van der Waals surface area contributed by atoms with Crippen molar-refractivity contribution in [3.05, 3.63) is 65.0 Å². The largest absolute Gasteiger partial charge is 0.457 e. The van der Waals surface area contributed by atoms with Crippen LogP contribution in [0.2, 0.25) is 0 Å². The van der Waals surface area contributed by atoms with Crippen LogP contribution >= 0.6 is 15.9 Å². The van der Waals surface area contributed by atoms with Gasteiger partial charge in [0.15, 0.2) is 0 Å². The minimum Gasteiger partial charge on any atom is -0.457 e. The van der Waals surface area contributed by atoms with E-state index in [0.29, 0.717) is 11.5 Å². The molecule has 1 heterocycles. The third-order valence-electron chi connectivity index (χ3n) is 2.72. The average molecular weight is 318 g/mol. The number of aromatic nitrogens is 1. The van der Waals surface area contributed by atoms with E-state index < -0.39 is 0 Å². The van der Waals surface area contributed by atoms with Crippen molar-refractivity contribution in [2.45, 2.75) is 0 Å². The van der Waals surface area contributed by atoms with Gasteiger partial charge in [-0.2, -0.15) is 0 Å². The van der Waals surface area contributed by atoms with E-state index in [1.165, 1.54) is 12.1 Å². The van der Waals surface area contributed by atoms with E-state index in [0.717, 1.165) is 15.4 Å². The van der Waals surface area contributed by atoms with E-state index in [1.54, 1.807) is 24.4 Å². The summed E-state index contributed by atoms with van der Waals surface area (Å²) >= 11 is 3.49. The molecule has 19 heavy (non-hydrogen) atoms. The van der Waals surface area contributed by atoms with Crippen molar-refractivity contribution in [2.24, 2.45) is 0 Å². The summed E-state index contributed by atoms with van der Waals surface area (Å²) in [6.45, 7) is 0. The van der Waals surface area contributed by atoms with Crippen LogP contribution in [-0.4, -0.2) is 4.98 Å². The number of fused-ring (bicyclic) bond motifs is 1. The summed E-state index contributed by atoms with van der Waals surface area (Å²) < 4.78 is 19.6. The molecule has 0 saturated heterocycles. The summed E-state index contributed by atoms with van der Waals surface area (Å²) in [4.78, 5) is 4.29. The predicted molar refractivity (Wildman–Crippen MR) is 75.9 cm³/mol. The molecule has 1 aromatic heterocycles. The zero-order chi connectivity index (χ0) is 13.2. The van der Waals surface area contributed by atoms with Gasteiger partial charge in [-0.3, -0.25) is 4.98 Å². The Kier molecular flexibility index (Phi) is 3.17. The van der Waals surface area contributed by atoms with Crippen molar-refractivity contribution < 1.29 is 9.13 Å². The average Bonchev–Trinajstić information content (AvgIpc) is 2.42. The third-order valence-corrected chi connectivity index (χ3v) is 3.38. The minimum absolute atomic E-state index is 0.284. The van der Waals surface area contributed by atoms with Crippen LogP contribution in [0, 0.1) is 5.82 Å². The highest BCUT2D eigenvalue weighted by Crippen LogP contribution is 2.33. The molecule has 0 aliphatic carbocycles. The van der Waals surface area contributed by atoms with Crippen molar-refractivity contribution in [1.82, 2.24) is 4.98 Å². The molecule has 0 amide bonds. The van der Waals surface area contributed by atoms with E-state index in [-0.39, 0.29) is 5.82 Å². The molecule has 3 rings (SSSR count). The van der Waals surface area contributed by atoms with E-state index >= 15 is 0 Å². The van der Waals surface area contributed by atoms with Crippen LogP contribution in [0.25, 0.3) is 10.9 Å². The van der Waals surface area contributed by atoms with Crippen LogP contribution in [0.3, 0.4) is 0 Å². The lowest BCUT2D eigenvalue weighted by Gasteiger charge is -2.09. The van der Waals surface area contributed by atoms with Gasteiger partial charge in [0.2, 0.25) is 0 Å². The first-order valence-electron chi connectivity index (χ1n) is 5.71. The fourth-order valence-electron chi connectivity index (χ4n) is 1.85. The molecule has 0 bridgehead atoms. The van der Waals surface area contributed by atoms with Crippen molar-refractivity contribution in [3.8, 4) is 11.5 Å². The van der Waals surface area contributed by atoms with Gasteiger partial charge >= 0.3 is 0 Å². The van der Waals surface area contributed by atoms with Gasteiger partial charge in [-0.15, -0.1) is 0 Å². The summed E-state index contributed by atoms with van der Waals surface area (Å²) in [6, 6.07) is 13.5. The SMILES string of the molecule is Fc1ccc(Oc2ccnc3cccc(Br)c23)cc1. The van der Waals surface area contributed by atoms with Crippen molar-refractivity contribution >= 4 is 26.8 Å². The van der Waals surface area contributed by atoms with Crippen LogP contribution in [0.5, 0.6) is 11.5 Å². The molecule has 0 fully saturated rings. The van der Waals surface area contributed by atoms with E-state index in [4.69, 9.17) is 4.74 Å². The first-order chi connectivity index (χ1) is 9.24. The molecule has 2 aromatic carbocycles. The van der Waals surface area contributed by atoms with Gasteiger partial charge in [0, 0.05) is 10.7 Å². The van der Waals surface area contributed by atoms with Crippen LogP contribution in [0.1, 0.15) is 0 Å². The Bertz CT molecular complexity index is 723. The maximum Gasteiger partial charge on any atom is 0.139 e. The lowest BCUT2D eigenvalue weighted by molar-refractivity contribution is 0.485. The number of ether oxygens (including phenoxy) is 1. The second-order valence-electron chi connectivity index (χ2n) is 4.00. The van der Waals surface area contributed by atoms with Crippen molar-refractivity contribution in [3.63, 3.8) is 0 Å². The Morgan fingerprint density at radius 2 is 1.79 bits per heavy atom. The fourth-order valence-corrected chi connectivity index (χ4v) is 2.40. The Labute approximate surface area is 118 Å². The molecule has 0 atom stereocenters. The van der Waals surface area contributed by atoms with Gasteiger partial charge < -0.3 is 4.74 Å². The third kappa shape index (κ3) is 2.44. The van der Waals surface area contributed by atoms with Crippen LogP contribution in [0.15, 0.2) is 59.2 Å². The number of hydrogen-bond donors (Lipinski definition) is 0. The van der Waals surface area contributed by atoms with Gasteiger partial charge in [-0.1, -0.05) is 6.07 Å². The maximum absolute atomic E-state index is 12.9. The number of rotatable bonds is 2. The summed E-state index contributed by atoms with van der Waals surface area (Å²) in [5, 5.41) is 0.898. The Morgan fingerprint density at radius 3 is 2.58 bits per heavy atom. The summed E-state index contributed by atoms with van der Waals surface area (Å²) in [7, 11) is 0. The molecule has 0 saturated carbocycles. The summed E-state index contributed by atoms with van der Waals surface area (Å²) in [5.74, 6) is 0.988. The molecule has 3 aromatic rings. The van der Waals surface area contributed by atoms with Crippen molar-refractivity contribution in [2.75, 3.05) is 0 Å². The molecule has 0 spiro atoms. The predicted octanol–water partition coefficient (Wildman–Crippen LogP) is 4.93. The molecule has 0 aliphatic heterocycles. The second kappa shape index (κ2) is 4.97. The van der Waals surface area contributed by atoms with Crippen LogP contribution < -0.4 is 4.74 Å². The lowest BCUT2D eigenvalue weighted by atomic mass is 10.2. The zero-order valence-corrected chi connectivity index (χ0v) is 11.4. The quantitative estimate of drug-likeness (QED) is 0.668. The number of benzene rings is 2. The van der Waals surface area contributed by atoms with Crippen molar-refractivity contribution in [1.29, 1.82) is 0 Å². The van der Waals surface area contributed by atoms with E-state index in [1.807, 2.05) is 18.2 Å². The Hall–Kier alpha value is -1.94. The molecule has 0 unspecified atom stereocenters. The van der Waals surface area contributed by atoms with Gasteiger partial charge in [-0.25, -0.2) is 4.39 Å². The topological polar surface area (TPSA) is 22.1 Å². The van der Waals surface area contributed by atoms with Gasteiger partial charge in [0.1, 0.15) is 17.3 Å². The maximum atomic E-state index is 12.9. The van der Waals surface area contributed by atoms with Crippen LogP contribution in [-0.2, 0) is 0 Å². The molecule has 0 N–H and O–H groups in total. The second-order valence-corrected chi connectivity index (χ2v) is 4.85. The molecular weight excluding hydrogens is 309 g/mol. The number of halogens is 2. The molecule has 2 nitrogen and oxygen atoms in total. The lowest BCUT2D eigenvalue weighted by Crippen LogP contribution is -1.88. The van der Waals surface area contributed by atoms with E-state index in [9.17, 15) is 4.39 Å². The molecule has 4 heteroatoms. The first-order valence-corrected chi connectivity index (χ1v) is 6.50. The highest BCUT2D eigenvalue weighted by molar-refractivity contribution is 9.10. The normalized spacial score (nSPS) is 10.6. The molecule has 0 radical (unpaired) electrons. The highest BCUT2D eigenvalue weighted by atomic mass is 79.9.